The van der Waals surface area contributed by atoms with E-state index < -0.39 is 6.10 Å². The van der Waals surface area contributed by atoms with Gasteiger partial charge in [-0.3, -0.25) is 4.79 Å². The van der Waals surface area contributed by atoms with Gasteiger partial charge in [-0.1, -0.05) is 18.0 Å². The van der Waals surface area contributed by atoms with Crippen LogP contribution < -0.4 is 5.32 Å². The van der Waals surface area contributed by atoms with Crippen LogP contribution in [0.3, 0.4) is 0 Å². The number of aliphatic hydroxyl groups is 1. The molecule has 0 aromatic carbocycles. The average molecular weight is 334 g/mol. The number of carbonyl (C=O) groups excluding carboxylic acids is 1. The Morgan fingerprint density at radius 2 is 2.22 bits per heavy atom. The van der Waals surface area contributed by atoms with Crippen molar-refractivity contribution < 1.29 is 14.4 Å². The maximum absolute atomic E-state index is 12.3. The molecule has 1 atom stereocenters. The fraction of sp³-hybridized carbons (Fsp3) is 0.529. The molecule has 1 amide bonds. The Morgan fingerprint density at radius 3 is 2.78 bits per heavy atom. The number of carbonyl (C=O) groups is 1. The van der Waals surface area contributed by atoms with E-state index in [1.807, 2.05) is 6.07 Å². The third kappa shape index (κ3) is 3.19. The average Bonchev–Trinajstić information content (AvgIpc) is 3.25. The molecule has 1 saturated carbocycles. The predicted molar refractivity (Wildman–Crippen MR) is 88.7 cm³/mol. The summed E-state index contributed by atoms with van der Waals surface area (Å²) < 4.78 is 4.96. The molecule has 1 aliphatic carbocycles. The highest BCUT2D eigenvalue weighted by atomic mass is 32.1. The molecule has 2 heterocycles. The molecule has 0 radical (unpaired) electrons. The quantitative estimate of drug-likeness (QED) is 0.879. The molecule has 0 aliphatic heterocycles. The van der Waals surface area contributed by atoms with Gasteiger partial charge >= 0.3 is 0 Å². The summed E-state index contributed by atoms with van der Waals surface area (Å²) in [5, 5.41) is 16.5. The minimum absolute atomic E-state index is 0.0153. The molecule has 5 nitrogen and oxygen atoms in total. The van der Waals surface area contributed by atoms with Crippen molar-refractivity contribution in [3.05, 3.63) is 39.4 Å². The van der Waals surface area contributed by atoms with Crippen LogP contribution in [0.4, 0.5) is 0 Å². The number of nitrogens with zero attached hydrogens (tertiary/aromatic N) is 1. The van der Waals surface area contributed by atoms with Crippen LogP contribution in [0.25, 0.3) is 0 Å². The largest absolute Gasteiger partial charge is 0.388 e. The summed E-state index contributed by atoms with van der Waals surface area (Å²) in [6.07, 6.45) is 5.49. The fourth-order valence-electron chi connectivity index (χ4n) is 3.29. The highest BCUT2D eigenvalue weighted by Gasteiger charge is 2.37. The van der Waals surface area contributed by atoms with Gasteiger partial charge in [0.2, 0.25) is 0 Å². The second-order valence-corrected chi connectivity index (χ2v) is 7.46. The lowest BCUT2D eigenvalue weighted by Gasteiger charge is -2.28. The number of hydrogen-bond acceptors (Lipinski definition) is 5. The molecule has 1 aliphatic rings. The molecular weight excluding hydrogens is 312 g/mol. The van der Waals surface area contributed by atoms with Crippen molar-refractivity contribution in [3.63, 3.8) is 0 Å². The van der Waals surface area contributed by atoms with Gasteiger partial charge in [0.25, 0.3) is 5.91 Å². The van der Waals surface area contributed by atoms with E-state index in [9.17, 15) is 9.90 Å². The molecule has 0 saturated heterocycles. The second-order valence-electron chi connectivity index (χ2n) is 6.34. The Morgan fingerprint density at radius 1 is 1.48 bits per heavy atom. The van der Waals surface area contributed by atoms with Crippen molar-refractivity contribution in [2.45, 2.75) is 51.0 Å². The molecule has 2 aromatic rings. The van der Waals surface area contributed by atoms with Crippen LogP contribution in [0, 0.1) is 6.92 Å². The van der Waals surface area contributed by atoms with Gasteiger partial charge < -0.3 is 14.9 Å². The van der Waals surface area contributed by atoms with Gasteiger partial charge in [0.15, 0.2) is 0 Å². The highest BCUT2D eigenvalue weighted by molar-refractivity contribution is 7.12. The summed E-state index contributed by atoms with van der Waals surface area (Å²) in [6, 6.07) is 4.10. The number of aliphatic hydroxyl groups excluding tert-OH is 1. The van der Waals surface area contributed by atoms with Crippen LogP contribution >= 0.6 is 11.3 Å². The summed E-state index contributed by atoms with van der Waals surface area (Å²) in [6.45, 7) is 4.13. The number of nitrogens with one attached hydrogen (secondary N) is 1. The Kier molecular flexibility index (Phi) is 4.55. The van der Waals surface area contributed by atoms with Crippen LogP contribution in [0.2, 0.25) is 0 Å². The Hall–Kier alpha value is -1.66. The van der Waals surface area contributed by atoms with Gasteiger partial charge in [0.1, 0.15) is 11.3 Å². The van der Waals surface area contributed by atoms with Crippen LogP contribution in [-0.4, -0.2) is 22.7 Å². The molecule has 0 spiro atoms. The first kappa shape index (κ1) is 16.2. The molecule has 0 bridgehead atoms. The van der Waals surface area contributed by atoms with Crippen molar-refractivity contribution in [2.24, 2.45) is 0 Å². The first-order valence-electron chi connectivity index (χ1n) is 8.00. The van der Waals surface area contributed by atoms with Crippen molar-refractivity contribution in [1.29, 1.82) is 0 Å². The van der Waals surface area contributed by atoms with Gasteiger partial charge in [-0.15, -0.1) is 11.3 Å². The molecule has 6 heteroatoms. The van der Waals surface area contributed by atoms with Crippen LogP contribution in [0.5, 0.6) is 0 Å². The van der Waals surface area contributed by atoms with E-state index in [4.69, 9.17) is 4.52 Å². The van der Waals surface area contributed by atoms with E-state index in [2.05, 4.69) is 16.5 Å². The van der Waals surface area contributed by atoms with Gasteiger partial charge in [-0.25, -0.2) is 0 Å². The van der Waals surface area contributed by atoms with Crippen LogP contribution in [-0.2, 0) is 5.41 Å². The minimum atomic E-state index is -0.443. The standard InChI is InChI=1S/C17H22N2O3S/c1-11(20)14-5-6-15(23-14)17(7-3-4-8-17)10-18-16(21)13-9-19-22-12(13)2/h5-6,9,11,20H,3-4,7-8,10H2,1-2H3,(H,18,21)/t11-/m0/s1. The first-order valence-corrected chi connectivity index (χ1v) is 8.81. The summed E-state index contributed by atoms with van der Waals surface area (Å²) in [4.78, 5) is 14.6. The van der Waals surface area contributed by atoms with Crippen molar-refractivity contribution in [1.82, 2.24) is 10.5 Å². The summed E-state index contributed by atoms with van der Waals surface area (Å²) in [5.74, 6) is 0.401. The van der Waals surface area contributed by atoms with E-state index in [1.54, 1.807) is 25.2 Å². The topological polar surface area (TPSA) is 75.4 Å². The lowest BCUT2D eigenvalue weighted by atomic mass is 9.84. The third-order valence-corrected chi connectivity index (χ3v) is 6.21. The van der Waals surface area contributed by atoms with Crippen molar-refractivity contribution >= 4 is 17.2 Å². The Balaban J connectivity index is 1.76. The van der Waals surface area contributed by atoms with E-state index in [1.165, 1.54) is 23.9 Å². The number of hydrogen-bond donors (Lipinski definition) is 2. The molecule has 0 unspecified atom stereocenters. The summed E-state index contributed by atoms with van der Waals surface area (Å²) >= 11 is 1.66. The van der Waals surface area contributed by atoms with Gasteiger partial charge in [0.05, 0.1) is 12.3 Å². The fourth-order valence-corrected chi connectivity index (χ4v) is 4.48. The zero-order valence-corrected chi connectivity index (χ0v) is 14.3. The minimum Gasteiger partial charge on any atom is -0.388 e. The molecule has 1 fully saturated rings. The molecule has 2 N–H and O–H groups in total. The smallest absolute Gasteiger partial charge is 0.256 e. The van der Waals surface area contributed by atoms with E-state index in [0.717, 1.165) is 17.7 Å². The van der Waals surface area contributed by atoms with Gasteiger partial charge in [-0.2, -0.15) is 0 Å². The van der Waals surface area contributed by atoms with E-state index >= 15 is 0 Å². The lowest BCUT2D eigenvalue weighted by Crippen LogP contribution is -2.38. The number of aryl methyl sites for hydroxylation is 1. The maximum Gasteiger partial charge on any atom is 0.256 e. The highest BCUT2D eigenvalue weighted by Crippen LogP contribution is 2.44. The lowest BCUT2D eigenvalue weighted by molar-refractivity contribution is 0.0942. The molecule has 2 aromatic heterocycles. The van der Waals surface area contributed by atoms with Gasteiger partial charge in [0, 0.05) is 21.7 Å². The normalized spacial score (nSPS) is 18.0. The molecule has 124 valence electrons. The first-order chi connectivity index (χ1) is 11.0. The third-order valence-electron chi connectivity index (χ3n) is 4.70. The van der Waals surface area contributed by atoms with Gasteiger partial charge in [-0.05, 0) is 38.8 Å². The zero-order chi connectivity index (χ0) is 16.4. The van der Waals surface area contributed by atoms with Crippen molar-refractivity contribution in [3.8, 4) is 0 Å². The van der Waals surface area contributed by atoms with Crippen LogP contribution in [0.15, 0.2) is 22.9 Å². The van der Waals surface area contributed by atoms with Crippen molar-refractivity contribution in [2.75, 3.05) is 6.54 Å². The SMILES string of the molecule is Cc1oncc1C(=O)NCC1(c2ccc([C@H](C)O)s2)CCCC1. The number of thiophene rings is 1. The maximum atomic E-state index is 12.3. The summed E-state index contributed by atoms with van der Waals surface area (Å²) in [5.41, 5.74) is 0.479. The predicted octanol–water partition coefficient (Wildman–Crippen LogP) is 3.34. The molecule has 23 heavy (non-hydrogen) atoms. The molecular formula is C17H22N2O3S. The Labute approximate surface area is 139 Å². The number of aromatic nitrogens is 1. The second kappa shape index (κ2) is 6.45. The molecule has 3 rings (SSSR count). The number of amides is 1. The van der Waals surface area contributed by atoms with Crippen LogP contribution in [0.1, 0.15) is 64.6 Å². The van der Waals surface area contributed by atoms with E-state index in [-0.39, 0.29) is 11.3 Å². The monoisotopic (exact) mass is 334 g/mol. The number of rotatable bonds is 5. The Bertz CT molecular complexity index is 684. The van der Waals surface area contributed by atoms with E-state index in [0.29, 0.717) is 17.9 Å². The summed E-state index contributed by atoms with van der Waals surface area (Å²) in [7, 11) is 0. The zero-order valence-electron chi connectivity index (χ0n) is 13.5.